The molecule has 2 N–H and O–H groups in total. The van der Waals surface area contributed by atoms with Crippen molar-refractivity contribution in [2.45, 2.75) is 20.3 Å². The summed E-state index contributed by atoms with van der Waals surface area (Å²) in [6.45, 7) is 4.20. The summed E-state index contributed by atoms with van der Waals surface area (Å²) in [6, 6.07) is 2.16. The third-order valence-electron chi connectivity index (χ3n) is 1.34. The topological polar surface area (TPSA) is 44.4 Å². The highest BCUT2D eigenvalue weighted by Crippen LogP contribution is 2.00. The number of hydrogen-bond donors (Lipinski definition) is 0. The fourth-order valence-corrected chi connectivity index (χ4v) is 0.811. The van der Waals surface area contributed by atoms with Crippen LogP contribution in [0, 0.1) is 6.92 Å². The van der Waals surface area contributed by atoms with Gasteiger partial charge in [0.1, 0.15) is 0 Å². The molecule has 0 aliphatic rings. The Hall–Kier alpha value is -0.890. The molecule has 0 spiro atoms. The molecule has 1 heterocycles. The first-order chi connectivity index (χ1) is 4.33. The van der Waals surface area contributed by atoms with Crippen molar-refractivity contribution in [2.24, 2.45) is 0 Å². The molecule has 1 aromatic heterocycles. The van der Waals surface area contributed by atoms with E-state index in [0.717, 1.165) is 6.42 Å². The van der Waals surface area contributed by atoms with Crippen molar-refractivity contribution in [1.82, 2.24) is 4.98 Å². The molecule has 0 unspecified atom stereocenters. The van der Waals surface area contributed by atoms with Crippen LogP contribution >= 0.6 is 0 Å². The highest BCUT2D eigenvalue weighted by atomic mass is 16.0. The SMILES string of the molecule is CCc1cncc(C)c1.O. The van der Waals surface area contributed by atoms with Crippen LogP contribution in [-0.4, -0.2) is 10.5 Å². The highest BCUT2D eigenvalue weighted by molar-refractivity contribution is 5.15. The van der Waals surface area contributed by atoms with Gasteiger partial charge < -0.3 is 5.48 Å². The molecule has 1 rings (SSSR count). The van der Waals surface area contributed by atoms with Crippen LogP contribution in [0.2, 0.25) is 0 Å². The van der Waals surface area contributed by atoms with Gasteiger partial charge in [0.25, 0.3) is 0 Å². The Morgan fingerprint density at radius 3 is 2.50 bits per heavy atom. The summed E-state index contributed by atoms with van der Waals surface area (Å²) in [7, 11) is 0. The Morgan fingerprint density at radius 1 is 1.40 bits per heavy atom. The van der Waals surface area contributed by atoms with E-state index in [2.05, 4.69) is 24.9 Å². The number of aryl methyl sites for hydroxylation is 2. The Labute approximate surface area is 61.2 Å². The standard InChI is InChI=1S/C8H11N.H2O/c1-3-8-4-7(2)5-9-6-8;/h4-6H,3H2,1-2H3;1H2. The average molecular weight is 139 g/mol. The van der Waals surface area contributed by atoms with E-state index in [0.29, 0.717) is 0 Å². The fourth-order valence-electron chi connectivity index (χ4n) is 0.811. The molecular weight excluding hydrogens is 126 g/mol. The molecule has 1 aromatic rings. The maximum Gasteiger partial charge on any atom is 0.0299 e. The molecular formula is C8H13NO. The molecule has 0 aliphatic carbocycles. The summed E-state index contributed by atoms with van der Waals surface area (Å²) in [4.78, 5) is 4.06. The van der Waals surface area contributed by atoms with Crippen LogP contribution in [0.5, 0.6) is 0 Å². The lowest BCUT2D eigenvalue weighted by molar-refractivity contribution is 0.824. The second kappa shape index (κ2) is 4.01. The quantitative estimate of drug-likeness (QED) is 0.575. The van der Waals surface area contributed by atoms with Crippen molar-refractivity contribution in [3.8, 4) is 0 Å². The van der Waals surface area contributed by atoms with Gasteiger partial charge in [0.2, 0.25) is 0 Å². The van der Waals surface area contributed by atoms with Crippen molar-refractivity contribution in [2.75, 3.05) is 0 Å². The summed E-state index contributed by atoms with van der Waals surface area (Å²) < 4.78 is 0. The van der Waals surface area contributed by atoms with Crippen LogP contribution in [0.25, 0.3) is 0 Å². The zero-order valence-corrected chi connectivity index (χ0v) is 6.39. The van der Waals surface area contributed by atoms with E-state index < -0.39 is 0 Å². The maximum atomic E-state index is 4.06. The number of hydrogen-bond acceptors (Lipinski definition) is 1. The molecule has 0 aromatic carbocycles. The van der Waals surface area contributed by atoms with E-state index in [-0.39, 0.29) is 5.48 Å². The van der Waals surface area contributed by atoms with Crippen LogP contribution in [0.1, 0.15) is 18.1 Å². The van der Waals surface area contributed by atoms with Gasteiger partial charge in [-0.3, -0.25) is 4.98 Å². The van der Waals surface area contributed by atoms with Crippen LogP contribution in [-0.2, 0) is 6.42 Å². The lowest BCUT2D eigenvalue weighted by Gasteiger charge is -1.94. The van der Waals surface area contributed by atoms with E-state index in [9.17, 15) is 0 Å². The molecule has 56 valence electrons. The van der Waals surface area contributed by atoms with Crippen molar-refractivity contribution in [3.05, 3.63) is 29.6 Å². The van der Waals surface area contributed by atoms with Gasteiger partial charge >= 0.3 is 0 Å². The van der Waals surface area contributed by atoms with E-state index in [1.54, 1.807) is 0 Å². The fraction of sp³-hybridized carbons (Fsp3) is 0.375. The summed E-state index contributed by atoms with van der Waals surface area (Å²) in [6.07, 6.45) is 4.86. The monoisotopic (exact) mass is 139 g/mol. The van der Waals surface area contributed by atoms with Crippen molar-refractivity contribution in [3.63, 3.8) is 0 Å². The second-order valence-corrected chi connectivity index (χ2v) is 2.22. The first-order valence-corrected chi connectivity index (χ1v) is 3.23. The van der Waals surface area contributed by atoms with Crippen molar-refractivity contribution < 1.29 is 5.48 Å². The normalized spacial score (nSPS) is 8.60. The Bertz CT molecular complexity index is 198. The second-order valence-electron chi connectivity index (χ2n) is 2.22. The van der Waals surface area contributed by atoms with Gasteiger partial charge in [-0.1, -0.05) is 13.0 Å². The van der Waals surface area contributed by atoms with E-state index >= 15 is 0 Å². The maximum absolute atomic E-state index is 4.06. The number of pyridine rings is 1. The molecule has 0 radical (unpaired) electrons. The van der Waals surface area contributed by atoms with Gasteiger partial charge in [-0.25, -0.2) is 0 Å². The lowest BCUT2D eigenvalue weighted by Crippen LogP contribution is -1.82. The first-order valence-electron chi connectivity index (χ1n) is 3.23. The molecule has 2 heteroatoms. The Balaban J connectivity index is 0.000000810. The first kappa shape index (κ1) is 9.11. The molecule has 0 fully saturated rings. The molecule has 2 nitrogen and oxygen atoms in total. The van der Waals surface area contributed by atoms with Gasteiger partial charge in [-0.15, -0.1) is 0 Å². The predicted molar refractivity (Wildman–Crippen MR) is 42.0 cm³/mol. The minimum Gasteiger partial charge on any atom is -0.412 e. The van der Waals surface area contributed by atoms with Gasteiger partial charge in [0.15, 0.2) is 0 Å². The zero-order valence-electron chi connectivity index (χ0n) is 6.39. The molecule has 0 saturated carbocycles. The predicted octanol–water partition coefficient (Wildman–Crippen LogP) is 1.13. The summed E-state index contributed by atoms with van der Waals surface area (Å²) in [5.74, 6) is 0. The van der Waals surface area contributed by atoms with E-state index in [1.807, 2.05) is 12.4 Å². The van der Waals surface area contributed by atoms with E-state index in [1.165, 1.54) is 11.1 Å². The van der Waals surface area contributed by atoms with Crippen LogP contribution < -0.4 is 0 Å². The van der Waals surface area contributed by atoms with Gasteiger partial charge in [0.05, 0.1) is 0 Å². The summed E-state index contributed by atoms with van der Waals surface area (Å²) in [5, 5.41) is 0. The average Bonchev–Trinajstić information content (AvgIpc) is 1.88. The van der Waals surface area contributed by atoms with Crippen LogP contribution in [0.15, 0.2) is 18.5 Å². The summed E-state index contributed by atoms with van der Waals surface area (Å²) >= 11 is 0. The molecule has 0 aliphatic heterocycles. The summed E-state index contributed by atoms with van der Waals surface area (Å²) in [5.41, 5.74) is 2.56. The molecule has 0 amide bonds. The third-order valence-corrected chi connectivity index (χ3v) is 1.34. The Kier molecular flexibility index (Phi) is 3.65. The highest BCUT2D eigenvalue weighted by Gasteiger charge is 1.87. The number of rotatable bonds is 1. The number of aromatic nitrogens is 1. The minimum absolute atomic E-state index is 0. The number of nitrogens with zero attached hydrogens (tertiary/aromatic N) is 1. The van der Waals surface area contributed by atoms with Crippen LogP contribution in [0.4, 0.5) is 0 Å². The van der Waals surface area contributed by atoms with E-state index in [4.69, 9.17) is 0 Å². The molecule has 0 atom stereocenters. The van der Waals surface area contributed by atoms with Crippen molar-refractivity contribution in [1.29, 1.82) is 0 Å². The van der Waals surface area contributed by atoms with Gasteiger partial charge in [0, 0.05) is 12.4 Å². The minimum atomic E-state index is 0. The largest absolute Gasteiger partial charge is 0.412 e. The molecule has 0 saturated heterocycles. The zero-order chi connectivity index (χ0) is 6.69. The molecule has 0 bridgehead atoms. The van der Waals surface area contributed by atoms with Crippen LogP contribution in [0.3, 0.4) is 0 Å². The smallest absolute Gasteiger partial charge is 0.0299 e. The van der Waals surface area contributed by atoms with Crippen molar-refractivity contribution >= 4 is 0 Å². The van der Waals surface area contributed by atoms with Gasteiger partial charge in [-0.2, -0.15) is 0 Å². The molecule has 10 heavy (non-hydrogen) atoms. The Morgan fingerprint density at radius 2 is 2.10 bits per heavy atom. The lowest BCUT2D eigenvalue weighted by atomic mass is 10.2. The third kappa shape index (κ3) is 2.15. The van der Waals surface area contributed by atoms with Gasteiger partial charge in [-0.05, 0) is 24.5 Å².